The van der Waals surface area contributed by atoms with Crippen molar-refractivity contribution in [2.24, 2.45) is 0 Å². The quantitative estimate of drug-likeness (QED) is 0.427. The van der Waals surface area contributed by atoms with Gasteiger partial charge >= 0.3 is 5.97 Å². The number of carbonyl (C=O) groups is 1. The zero-order valence-corrected chi connectivity index (χ0v) is 20.5. The van der Waals surface area contributed by atoms with Gasteiger partial charge in [0.25, 0.3) is 0 Å². The normalized spacial score (nSPS) is 15.3. The Morgan fingerprint density at radius 2 is 2.03 bits per heavy atom. The maximum absolute atomic E-state index is 12.9. The molecule has 2 aliphatic rings. The van der Waals surface area contributed by atoms with Gasteiger partial charge in [0, 0.05) is 31.1 Å². The van der Waals surface area contributed by atoms with Crippen molar-refractivity contribution in [2.75, 3.05) is 58.1 Å². The van der Waals surface area contributed by atoms with Crippen LogP contribution < -0.4 is 20.1 Å². The number of carbonyl (C=O) groups excluding carboxylic acids is 1. The number of nitrogens with one attached hydrogen (secondary N) is 2. The van der Waals surface area contributed by atoms with Crippen LogP contribution in [0.4, 0.5) is 5.00 Å². The fourth-order valence-electron chi connectivity index (χ4n) is 3.85. The minimum absolute atomic E-state index is 0.231. The summed E-state index contributed by atoms with van der Waals surface area (Å²) in [7, 11) is 0. The van der Waals surface area contributed by atoms with Gasteiger partial charge in [0.1, 0.15) is 5.00 Å². The first kappa shape index (κ1) is 23.7. The van der Waals surface area contributed by atoms with E-state index >= 15 is 0 Å². The van der Waals surface area contributed by atoms with Gasteiger partial charge in [0.05, 0.1) is 25.4 Å². The lowest BCUT2D eigenvalue weighted by atomic mass is 10.0. The van der Waals surface area contributed by atoms with E-state index in [1.54, 1.807) is 6.92 Å². The summed E-state index contributed by atoms with van der Waals surface area (Å²) in [5.74, 6) is 1.11. The highest BCUT2D eigenvalue weighted by molar-refractivity contribution is 7.80. The molecule has 0 spiro atoms. The predicted molar refractivity (Wildman–Crippen MR) is 132 cm³/mol. The van der Waals surface area contributed by atoms with Crippen molar-refractivity contribution in [1.29, 1.82) is 0 Å². The lowest BCUT2D eigenvalue weighted by Gasteiger charge is -2.26. The average Bonchev–Trinajstić information content (AvgIpc) is 3.38. The van der Waals surface area contributed by atoms with Crippen LogP contribution in [0.5, 0.6) is 11.5 Å². The van der Waals surface area contributed by atoms with E-state index in [9.17, 15) is 4.79 Å². The van der Waals surface area contributed by atoms with Gasteiger partial charge in [0.2, 0.25) is 6.79 Å². The van der Waals surface area contributed by atoms with Gasteiger partial charge < -0.3 is 29.6 Å². The van der Waals surface area contributed by atoms with Crippen molar-refractivity contribution in [2.45, 2.75) is 20.3 Å². The Kier molecular flexibility index (Phi) is 8.02. The van der Waals surface area contributed by atoms with Crippen LogP contribution in [-0.2, 0) is 15.9 Å². The van der Waals surface area contributed by atoms with Gasteiger partial charge in [-0.2, -0.15) is 0 Å². The molecule has 1 aromatic carbocycles. The van der Waals surface area contributed by atoms with E-state index in [-0.39, 0.29) is 12.8 Å². The van der Waals surface area contributed by atoms with Crippen LogP contribution in [-0.4, -0.2) is 68.8 Å². The number of rotatable bonds is 8. The third-order valence-electron chi connectivity index (χ3n) is 5.55. The van der Waals surface area contributed by atoms with Crippen molar-refractivity contribution >= 4 is 39.6 Å². The number of nitrogens with zero attached hydrogens (tertiary/aromatic N) is 1. The van der Waals surface area contributed by atoms with E-state index in [1.165, 1.54) is 11.3 Å². The standard InChI is InChI=1S/C23H29N3O5S2/c1-3-29-22(27)20-17(12-16-4-5-18-19(13-16)31-14-30-18)15(2)33-21(20)25-23(32)24-6-7-26-8-10-28-11-9-26/h4-5,13H,3,6-12,14H2,1-2H3,(H2,24,25,32). The van der Waals surface area contributed by atoms with E-state index in [4.69, 9.17) is 31.2 Å². The summed E-state index contributed by atoms with van der Waals surface area (Å²) in [6.45, 7) is 9.36. The molecule has 0 aliphatic carbocycles. The number of fused-ring (bicyclic) bond motifs is 1. The Morgan fingerprint density at radius 1 is 1.24 bits per heavy atom. The Bertz CT molecular complexity index is 1000. The van der Waals surface area contributed by atoms with Gasteiger partial charge in [0.15, 0.2) is 16.6 Å². The van der Waals surface area contributed by atoms with Crippen molar-refractivity contribution in [3.05, 3.63) is 39.8 Å². The lowest BCUT2D eigenvalue weighted by Crippen LogP contribution is -2.42. The Labute approximate surface area is 203 Å². The zero-order chi connectivity index (χ0) is 23.2. The molecule has 2 aromatic rings. The number of thiocarbonyl (C=S) groups is 1. The van der Waals surface area contributed by atoms with Crippen LogP contribution in [0.3, 0.4) is 0 Å². The first-order valence-electron chi connectivity index (χ1n) is 11.1. The summed E-state index contributed by atoms with van der Waals surface area (Å²) in [4.78, 5) is 16.3. The summed E-state index contributed by atoms with van der Waals surface area (Å²) < 4.78 is 21.7. The fourth-order valence-corrected chi connectivity index (χ4v) is 5.19. The first-order valence-corrected chi connectivity index (χ1v) is 12.3. The molecular formula is C23H29N3O5S2. The van der Waals surface area contributed by atoms with Crippen LogP contribution in [0.25, 0.3) is 0 Å². The van der Waals surface area contributed by atoms with Gasteiger partial charge in [-0.25, -0.2) is 4.79 Å². The number of morpholine rings is 1. The number of benzene rings is 1. The van der Waals surface area contributed by atoms with E-state index in [1.807, 2.05) is 25.1 Å². The fraction of sp³-hybridized carbons (Fsp3) is 0.478. The van der Waals surface area contributed by atoms with Crippen LogP contribution in [0, 0.1) is 6.92 Å². The molecule has 2 N–H and O–H groups in total. The van der Waals surface area contributed by atoms with Crippen LogP contribution in [0.2, 0.25) is 0 Å². The topological polar surface area (TPSA) is 81.3 Å². The molecule has 0 unspecified atom stereocenters. The second-order valence-corrected chi connectivity index (χ2v) is 9.39. The molecule has 0 amide bonds. The molecule has 2 aliphatic heterocycles. The number of hydrogen-bond donors (Lipinski definition) is 2. The number of esters is 1. The molecule has 8 nitrogen and oxygen atoms in total. The molecule has 1 saturated heterocycles. The van der Waals surface area contributed by atoms with E-state index in [2.05, 4.69) is 15.5 Å². The molecule has 10 heteroatoms. The molecule has 1 aromatic heterocycles. The maximum atomic E-state index is 12.9. The third kappa shape index (κ3) is 5.94. The number of thiophene rings is 1. The van der Waals surface area contributed by atoms with Crippen LogP contribution >= 0.6 is 23.6 Å². The second kappa shape index (κ2) is 11.1. The minimum Gasteiger partial charge on any atom is -0.462 e. The van der Waals surface area contributed by atoms with Crippen LogP contribution in [0.15, 0.2) is 18.2 Å². The summed E-state index contributed by atoms with van der Waals surface area (Å²) in [5.41, 5.74) is 2.49. The second-order valence-electron chi connectivity index (χ2n) is 7.76. The van der Waals surface area contributed by atoms with Gasteiger partial charge in [-0.05, 0) is 55.7 Å². The van der Waals surface area contributed by atoms with Crippen molar-refractivity contribution in [3.8, 4) is 11.5 Å². The molecule has 3 heterocycles. The SMILES string of the molecule is CCOC(=O)c1c(NC(=S)NCCN2CCOCC2)sc(C)c1Cc1ccc2c(c1)OCO2. The highest BCUT2D eigenvalue weighted by Crippen LogP contribution is 2.37. The predicted octanol–water partition coefficient (Wildman–Crippen LogP) is 3.17. The number of anilines is 1. The molecule has 0 radical (unpaired) electrons. The summed E-state index contributed by atoms with van der Waals surface area (Å²) in [5, 5.41) is 7.66. The van der Waals surface area contributed by atoms with Gasteiger partial charge in [-0.3, -0.25) is 4.90 Å². The monoisotopic (exact) mass is 491 g/mol. The first-order chi connectivity index (χ1) is 16.0. The summed E-state index contributed by atoms with van der Waals surface area (Å²) >= 11 is 7.02. The highest BCUT2D eigenvalue weighted by atomic mass is 32.1. The molecule has 178 valence electrons. The van der Waals surface area contributed by atoms with E-state index < -0.39 is 0 Å². The average molecular weight is 492 g/mol. The van der Waals surface area contributed by atoms with Crippen molar-refractivity contribution in [1.82, 2.24) is 10.2 Å². The molecule has 0 bridgehead atoms. The smallest absolute Gasteiger partial charge is 0.341 e. The van der Waals surface area contributed by atoms with E-state index in [0.29, 0.717) is 28.7 Å². The van der Waals surface area contributed by atoms with Crippen molar-refractivity contribution < 1.29 is 23.7 Å². The largest absolute Gasteiger partial charge is 0.462 e. The van der Waals surface area contributed by atoms with E-state index in [0.717, 1.165) is 66.9 Å². The number of ether oxygens (including phenoxy) is 4. The Hall–Kier alpha value is -2.40. The summed E-state index contributed by atoms with van der Waals surface area (Å²) in [6.07, 6.45) is 0.575. The van der Waals surface area contributed by atoms with Gasteiger partial charge in [-0.15, -0.1) is 11.3 Å². The Balaban J connectivity index is 1.46. The summed E-state index contributed by atoms with van der Waals surface area (Å²) in [6, 6.07) is 5.85. The molecule has 0 atom stereocenters. The van der Waals surface area contributed by atoms with Crippen LogP contribution in [0.1, 0.15) is 33.3 Å². The van der Waals surface area contributed by atoms with Gasteiger partial charge in [-0.1, -0.05) is 6.07 Å². The van der Waals surface area contributed by atoms with Crippen molar-refractivity contribution in [3.63, 3.8) is 0 Å². The highest BCUT2D eigenvalue weighted by Gasteiger charge is 2.25. The molecule has 33 heavy (non-hydrogen) atoms. The molecular weight excluding hydrogens is 462 g/mol. The number of hydrogen-bond acceptors (Lipinski definition) is 8. The zero-order valence-electron chi connectivity index (χ0n) is 18.9. The third-order valence-corrected chi connectivity index (χ3v) is 6.86. The molecule has 4 rings (SSSR count). The molecule has 0 saturated carbocycles. The molecule has 1 fully saturated rings. The Morgan fingerprint density at radius 3 is 2.82 bits per heavy atom. The lowest BCUT2D eigenvalue weighted by molar-refractivity contribution is 0.0389. The maximum Gasteiger partial charge on any atom is 0.341 e. The minimum atomic E-state index is -0.351. The number of aryl methyl sites for hydroxylation is 1.